The van der Waals surface area contributed by atoms with E-state index in [0.717, 1.165) is 11.1 Å². The fourth-order valence-electron chi connectivity index (χ4n) is 1.96. The van der Waals surface area contributed by atoms with Crippen molar-refractivity contribution in [3.05, 3.63) is 53.0 Å². The second kappa shape index (κ2) is 6.14. The van der Waals surface area contributed by atoms with Crippen LogP contribution in [0.15, 0.2) is 30.3 Å². The fraction of sp³-hybridized carbons (Fsp3) is 0.267. The molecule has 0 bridgehead atoms. The molecule has 0 saturated carbocycles. The molecule has 0 amide bonds. The minimum atomic E-state index is -1.04. The maximum Gasteiger partial charge on any atom is 0.354 e. The highest BCUT2D eigenvalue weighted by Gasteiger charge is 2.10. The average Bonchev–Trinajstić information content (AvgIpc) is 2.38. The van der Waals surface area contributed by atoms with Gasteiger partial charge in [-0.15, -0.1) is 0 Å². The van der Waals surface area contributed by atoms with Crippen LogP contribution in [0.25, 0.3) is 0 Å². The Morgan fingerprint density at radius 3 is 2.75 bits per heavy atom. The Labute approximate surface area is 117 Å². The largest absolute Gasteiger partial charge is 0.477 e. The zero-order valence-electron chi connectivity index (χ0n) is 11.6. The molecule has 5 heteroatoms. The zero-order chi connectivity index (χ0) is 14.5. The van der Waals surface area contributed by atoms with Crippen LogP contribution in [0.5, 0.6) is 0 Å². The second-order valence-corrected chi connectivity index (χ2v) is 4.56. The van der Waals surface area contributed by atoms with Crippen LogP contribution in [0.1, 0.15) is 34.4 Å². The van der Waals surface area contributed by atoms with Gasteiger partial charge in [-0.25, -0.2) is 14.8 Å². The zero-order valence-corrected chi connectivity index (χ0v) is 11.6. The minimum absolute atomic E-state index is 0.0126. The molecule has 1 aromatic heterocycles. The molecule has 5 nitrogen and oxygen atoms in total. The molecule has 1 aromatic carbocycles. The topological polar surface area (TPSA) is 75.1 Å². The van der Waals surface area contributed by atoms with Crippen molar-refractivity contribution in [3.63, 3.8) is 0 Å². The molecule has 2 aromatic rings. The quantitative estimate of drug-likeness (QED) is 0.874. The maximum atomic E-state index is 11.1. The number of anilines is 1. The average molecular weight is 271 g/mol. The van der Waals surface area contributed by atoms with Crippen LogP contribution in [0.4, 0.5) is 5.82 Å². The van der Waals surface area contributed by atoms with Crippen LogP contribution in [0, 0.1) is 6.92 Å². The van der Waals surface area contributed by atoms with Gasteiger partial charge in [0.1, 0.15) is 11.6 Å². The Hall–Kier alpha value is -2.43. The Morgan fingerprint density at radius 1 is 1.30 bits per heavy atom. The molecule has 0 unspecified atom stereocenters. The summed E-state index contributed by atoms with van der Waals surface area (Å²) in [5.41, 5.74) is 2.23. The lowest BCUT2D eigenvalue weighted by atomic mass is 10.1. The van der Waals surface area contributed by atoms with Crippen molar-refractivity contribution in [2.45, 2.75) is 20.3 Å². The third-order valence-electron chi connectivity index (χ3n) is 2.79. The maximum absolute atomic E-state index is 11.1. The van der Waals surface area contributed by atoms with E-state index in [1.165, 1.54) is 6.07 Å². The third kappa shape index (κ3) is 3.54. The number of carboxylic acid groups (broad SMARTS) is 1. The molecule has 104 valence electrons. The van der Waals surface area contributed by atoms with Crippen molar-refractivity contribution < 1.29 is 9.90 Å². The highest BCUT2D eigenvalue weighted by Crippen LogP contribution is 2.12. The molecule has 0 aliphatic heterocycles. The van der Waals surface area contributed by atoms with Crippen LogP contribution in [0.2, 0.25) is 0 Å². The third-order valence-corrected chi connectivity index (χ3v) is 2.79. The molecule has 0 saturated heterocycles. The number of nitrogens with one attached hydrogen (secondary N) is 1. The van der Waals surface area contributed by atoms with Crippen molar-refractivity contribution in [2.75, 3.05) is 11.9 Å². The lowest BCUT2D eigenvalue weighted by Gasteiger charge is -2.07. The van der Waals surface area contributed by atoms with Crippen LogP contribution in [0.3, 0.4) is 0 Å². The number of aromatic nitrogens is 2. The van der Waals surface area contributed by atoms with Gasteiger partial charge in [-0.05, 0) is 19.4 Å². The van der Waals surface area contributed by atoms with Crippen LogP contribution >= 0.6 is 0 Å². The molecule has 20 heavy (non-hydrogen) atoms. The predicted octanol–water partition coefficient (Wildman–Crippen LogP) is 2.51. The number of benzene rings is 1. The molecule has 0 spiro atoms. The summed E-state index contributed by atoms with van der Waals surface area (Å²) < 4.78 is 0. The van der Waals surface area contributed by atoms with Gasteiger partial charge in [0.05, 0.1) is 0 Å². The number of nitrogens with zero attached hydrogens (tertiary/aromatic N) is 2. The molecule has 1 heterocycles. The summed E-state index contributed by atoms with van der Waals surface area (Å²) in [4.78, 5) is 19.5. The van der Waals surface area contributed by atoms with Gasteiger partial charge in [0.15, 0.2) is 5.69 Å². The molecule has 0 atom stereocenters. The van der Waals surface area contributed by atoms with E-state index < -0.39 is 5.97 Å². The number of carboxylic acids is 1. The molecule has 2 rings (SSSR count). The first-order valence-corrected chi connectivity index (χ1v) is 6.49. The van der Waals surface area contributed by atoms with Crippen molar-refractivity contribution in [1.29, 1.82) is 0 Å². The first-order valence-electron chi connectivity index (χ1n) is 6.49. The van der Waals surface area contributed by atoms with Gasteiger partial charge in [-0.3, -0.25) is 0 Å². The lowest BCUT2D eigenvalue weighted by Crippen LogP contribution is -2.10. The van der Waals surface area contributed by atoms with E-state index in [2.05, 4.69) is 15.3 Å². The highest BCUT2D eigenvalue weighted by atomic mass is 16.4. The van der Waals surface area contributed by atoms with Gasteiger partial charge in [0.25, 0.3) is 0 Å². The van der Waals surface area contributed by atoms with Crippen molar-refractivity contribution in [1.82, 2.24) is 9.97 Å². The molecule has 2 N–H and O–H groups in total. The second-order valence-electron chi connectivity index (χ2n) is 4.56. The van der Waals surface area contributed by atoms with Gasteiger partial charge in [0.2, 0.25) is 0 Å². The Balaban J connectivity index is 2.32. The first kappa shape index (κ1) is 14.0. The number of carbonyl (C=O) groups is 1. The number of hydrogen-bond acceptors (Lipinski definition) is 4. The fourth-order valence-corrected chi connectivity index (χ4v) is 1.96. The molecular formula is C15H17N3O2. The van der Waals surface area contributed by atoms with Crippen LogP contribution in [-0.4, -0.2) is 27.6 Å². The Kier molecular flexibility index (Phi) is 4.30. The summed E-state index contributed by atoms with van der Waals surface area (Å²) in [5.74, 6) is 0.00560. The van der Waals surface area contributed by atoms with Gasteiger partial charge < -0.3 is 10.4 Å². The highest BCUT2D eigenvalue weighted by molar-refractivity contribution is 5.86. The molecule has 0 fully saturated rings. The van der Waals surface area contributed by atoms with Crippen LogP contribution < -0.4 is 5.32 Å². The summed E-state index contributed by atoms with van der Waals surface area (Å²) in [6, 6.07) is 9.46. The molecule has 0 radical (unpaired) electrons. The summed E-state index contributed by atoms with van der Waals surface area (Å²) in [6.07, 6.45) is 0.515. The van der Waals surface area contributed by atoms with Crippen molar-refractivity contribution in [2.24, 2.45) is 0 Å². The monoisotopic (exact) mass is 271 g/mol. The Bertz CT molecular complexity index is 626. The number of aromatic carboxylic acids is 1. The van der Waals surface area contributed by atoms with E-state index in [4.69, 9.17) is 5.11 Å². The van der Waals surface area contributed by atoms with Gasteiger partial charge in [-0.1, -0.05) is 29.8 Å². The van der Waals surface area contributed by atoms with E-state index in [1.807, 2.05) is 38.1 Å². The summed E-state index contributed by atoms with van der Waals surface area (Å²) >= 11 is 0. The smallest absolute Gasteiger partial charge is 0.354 e. The minimum Gasteiger partial charge on any atom is -0.477 e. The summed E-state index contributed by atoms with van der Waals surface area (Å²) in [5, 5.41) is 12.1. The summed E-state index contributed by atoms with van der Waals surface area (Å²) in [7, 11) is 0. The number of aryl methyl sites for hydroxylation is 1. The van der Waals surface area contributed by atoms with E-state index >= 15 is 0 Å². The van der Waals surface area contributed by atoms with Crippen molar-refractivity contribution >= 4 is 11.8 Å². The van der Waals surface area contributed by atoms with Crippen LogP contribution in [-0.2, 0) is 6.42 Å². The van der Waals surface area contributed by atoms with Gasteiger partial charge >= 0.3 is 5.97 Å². The molecule has 0 aliphatic carbocycles. The van der Waals surface area contributed by atoms with E-state index in [1.54, 1.807) is 0 Å². The van der Waals surface area contributed by atoms with Crippen molar-refractivity contribution in [3.8, 4) is 0 Å². The standard InChI is InChI=1S/C15H17N3O2/c1-3-16-13-9-12(15(19)20)17-14(18-13)8-11-6-4-5-10(2)7-11/h4-7,9H,3,8H2,1-2H3,(H,19,20)(H,16,17,18). The van der Waals surface area contributed by atoms with Gasteiger partial charge in [0, 0.05) is 19.0 Å². The first-order chi connectivity index (χ1) is 9.58. The number of hydrogen-bond donors (Lipinski definition) is 2. The molecular weight excluding hydrogens is 254 g/mol. The van der Waals surface area contributed by atoms with E-state index in [0.29, 0.717) is 24.6 Å². The summed E-state index contributed by atoms with van der Waals surface area (Å²) in [6.45, 7) is 4.63. The predicted molar refractivity (Wildman–Crippen MR) is 77.1 cm³/mol. The number of rotatable bonds is 5. The lowest BCUT2D eigenvalue weighted by molar-refractivity contribution is 0.0690. The van der Waals surface area contributed by atoms with Gasteiger partial charge in [-0.2, -0.15) is 0 Å². The SMILES string of the molecule is CCNc1cc(C(=O)O)nc(Cc2cccc(C)c2)n1. The van der Waals surface area contributed by atoms with E-state index in [-0.39, 0.29) is 5.69 Å². The molecule has 0 aliphatic rings. The van der Waals surface area contributed by atoms with E-state index in [9.17, 15) is 4.79 Å². The Morgan fingerprint density at radius 2 is 2.10 bits per heavy atom. The normalized spacial score (nSPS) is 10.3.